The van der Waals surface area contributed by atoms with Gasteiger partial charge in [-0.3, -0.25) is 0 Å². The van der Waals surface area contributed by atoms with E-state index in [0.717, 1.165) is 32.7 Å². The van der Waals surface area contributed by atoms with Crippen molar-refractivity contribution in [2.45, 2.75) is 0 Å². The van der Waals surface area contributed by atoms with Crippen LogP contribution in [0.4, 0.5) is 0 Å². The van der Waals surface area contributed by atoms with Crippen LogP contribution in [-0.4, -0.2) is 52.9 Å². The van der Waals surface area contributed by atoms with Gasteiger partial charge in [0.15, 0.2) is 23.0 Å². The predicted molar refractivity (Wildman–Crippen MR) is 131 cm³/mol. The summed E-state index contributed by atoms with van der Waals surface area (Å²) in [5.74, 6) is 2.80. The van der Waals surface area contributed by atoms with Crippen LogP contribution in [0.25, 0.3) is 32.7 Å². The Morgan fingerprint density at radius 2 is 0.853 bits per heavy atom. The van der Waals surface area contributed by atoms with Crippen molar-refractivity contribution in [2.24, 2.45) is 0 Å². The molecule has 0 saturated heterocycles. The van der Waals surface area contributed by atoms with Crippen molar-refractivity contribution in [3.8, 4) is 34.1 Å². The van der Waals surface area contributed by atoms with Crippen LogP contribution in [-0.2, 0) is 9.47 Å². The van der Waals surface area contributed by atoms with Gasteiger partial charge in [0.2, 0.25) is 0 Å². The standard InChI is InChI=1S/C28H26O6/c1-3-7-21-19(5-1)17-23-27(33-15-11-29-9-13-31-23)25(21)26-22-8-4-2-6-20(22)18-24-28(26)34-16-12-30-10-14-32-24/h1-8,17-18H,9-16H2. The second kappa shape index (κ2) is 9.41. The fraction of sp³-hybridized carbons (Fsp3) is 0.286. The van der Waals surface area contributed by atoms with E-state index in [2.05, 4.69) is 24.3 Å². The molecule has 6 nitrogen and oxygen atoms in total. The van der Waals surface area contributed by atoms with Crippen LogP contribution in [0.5, 0.6) is 23.0 Å². The molecule has 0 aliphatic carbocycles. The number of hydrogen-bond donors (Lipinski definition) is 0. The molecular formula is C28H26O6. The average molecular weight is 459 g/mol. The van der Waals surface area contributed by atoms with Crippen LogP contribution in [0, 0.1) is 0 Å². The highest BCUT2D eigenvalue weighted by molar-refractivity contribution is 6.11. The van der Waals surface area contributed by atoms with Crippen molar-refractivity contribution in [1.82, 2.24) is 0 Å². The first-order valence-electron chi connectivity index (χ1n) is 11.7. The van der Waals surface area contributed by atoms with Gasteiger partial charge in [0, 0.05) is 11.1 Å². The highest BCUT2D eigenvalue weighted by Gasteiger charge is 2.26. The molecule has 0 amide bonds. The SMILES string of the molecule is c1ccc2c(-c3c4c(cc5ccccc35)OCCOCCO4)c3c(cc2c1)OCCOCCO3. The van der Waals surface area contributed by atoms with Gasteiger partial charge in [0.1, 0.15) is 26.4 Å². The van der Waals surface area contributed by atoms with E-state index in [1.807, 2.05) is 36.4 Å². The molecule has 0 atom stereocenters. The Hall–Kier alpha value is -3.48. The largest absolute Gasteiger partial charge is 0.487 e. The van der Waals surface area contributed by atoms with E-state index >= 15 is 0 Å². The second-order valence-electron chi connectivity index (χ2n) is 8.22. The lowest BCUT2D eigenvalue weighted by Gasteiger charge is -2.22. The van der Waals surface area contributed by atoms with Crippen molar-refractivity contribution < 1.29 is 28.4 Å². The normalized spacial score (nSPS) is 16.6. The van der Waals surface area contributed by atoms with Gasteiger partial charge in [-0.05, 0) is 33.7 Å². The fourth-order valence-corrected chi connectivity index (χ4v) is 4.63. The van der Waals surface area contributed by atoms with E-state index in [0.29, 0.717) is 75.9 Å². The minimum absolute atomic E-state index is 0.430. The number of ether oxygens (including phenoxy) is 6. The molecule has 0 aromatic heterocycles. The lowest BCUT2D eigenvalue weighted by molar-refractivity contribution is 0.0876. The maximum atomic E-state index is 6.35. The van der Waals surface area contributed by atoms with Gasteiger partial charge in [-0.15, -0.1) is 0 Å². The molecule has 0 bridgehead atoms. The summed E-state index contributed by atoms with van der Waals surface area (Å²) in [7, 11) is 0. The molecule has 4 aromatic rings. The van der Waals surface area contributed by atoms with Crippen LogP contribution in [0.15, 0.2) is 60.7 Å². The van der Waals surface area contributed by atoms with Gasteiger partial charge in [-0.2, -0.15) is 0 Å². The Balaban J connectivity index is 1.72. The molecule has 0 unspecified atom stereocenters. The van der Waals surface area contributed by atoms with E-state index in [1.54, 1.807) is 0 Å². The first-order valence-corrected chi connectivity index (χ1v) is 11.7. The summed E-state index contributed by atoms with van der Waals surface area (Å²) in [5, 5.41) is 4.25. The molecule has 4 aromatic carbocycles. The molecule has 2 heterocycles. The van der Waals surface area contributed by atoms with Crippen molar-refractivity contribution >= 4 is 21.5 Å². The Kier molecular flexibility index (Phi) is 5.83. The first-order chi connectivity index (χ1) is 16.9. The van der Waals surface area contributed by atoms with Crippen LogP contribution >= 0.6 is 0 Å². The summed E-state index contributed by atoms with van der Waals surface area (Å²) in [6.07, 6.45) is 0. The molecule has 0 radical (unpaired) electrons. The first kappa shape index (κ1) is 21.1. The molecule has 2 aliphatic rings. The van der Waals surface area contributed by atoms with Gasteiger partial charge in [0.05, 0.1) is 26.4 Å². The maximum Gasteiger partial charge on any atom is 0.169 e. The third-order valence-corrected chi connectivity index (χ3v) is 6.10. The summed E-state index contributed by atoms with van der Waals surface area (Å²) >= 11 is 0. The number of fused-ring (bicyclic) bond motifs is 4. The zero-order valence-corrected chi connectivity index (χ0v) is 18.9. The summed E-state index contributed by atoms with van der Waals surface area (Å²) in [6, 6.07) is 20.7. The molecular weight excluding hydrogens is 432 g/mol. The molecule has 0 N–H and O–H groups in total. The third kappa shape index (κ3) is 3.89. The topological polar surface area (TPSA) is 55.4 Å². The van der Waals surface area contributed by atoms with Gasteiger partial charge >= 0.3 is 0 Å². The van der Waals surface area contributed by atoms with Crippen molar-refractivity contribution in [3.63, 3.8) is 0 Å². The summed E-state index contributed by atoms with van der Waals surface area (Å²) < 4.78 is 36.3. The van der Waals surface area contributed by atoms with Crippen LogP contribution in [0.2, 0.25) is 0 Å². The Labute approximate surface area is 197 Å². The molecule has 2 aliphatic heterocycles. The molecule has 34 heavy (non-hydrogen) atoms. The van der Waals surface area contributed by atoms with E-state index in [-0.39, 0.29) is 0 Å². The molecule has 6 rings (SSSR count). The Morgan fingerprint density at radius 3 is 1.32 bits per heavy atom. The van der Waals surface area contributed by atoms with Crippen LogP contribution in [0.1, 0.15) is 0 Å². The van der Waals surface area contributed by atoms with Crippen molar-refractivity contribution in [1.29, 1.82) is 0 Å². The van der Waals surface area contributed by atoms with Crippen LogP contribution in [0.3, 0.4) is 0 Å². The van der Waals surface area contributed by atoms with Crippen LogP contribution < -0.4 is 18.9 Å². The molecule has 0 fully saturated rings. The minimum atomic E-state index is 0.430. The van der Waals surface area contributed by atoms with Gasteiger partial charge in [0.25, 0.3) is 0 Å². The quantitative estimate of drug-likeness (QED) is 0.389. The highest BCUT2D eigenvalue weighted by Crippen LogP contribution is 2.52. The summed E-state index contributed by atoms with van der Waals surface area (Å²) in [6.45, 7) is 3.81. The second-order valence-corrected chi connectivity index (χ2v) is 8.22. The monoisotopic (exact) mass is 458 g/mol. The number of rotatable bonds is 1. The van der Waals surface area contributed by atoms with E-state index in [9.17, 15) is 0 Å². The van der Waals surface area contributed by atoms with Gasteiger partial charge in [-0.25, -0.2) is 0 Å². The molecule has 174 valence electrons. The Bertz CT molecular complexity index is 1230. The highest BCUT2D eigenvalue weighted by atomic mass is 16.6. The smallest absolute Gasteiger partial charge is 0.169 e. The molecule has 0 spiro atoms. The maximum absolute atomic E-state index is 6.35. The van der Waals surface area contributed by atoms with Crippen molar-refractivity contribution in [3.05, 3.63) is 60.7 Å². The zero-order chi connectivity index (χ0) is 22.7. The summed E-state index contributed by atoms with van der Waals surface area (Å²) in [5.41, 5.74) is 1.87. The lowest BCUT2D eigenvalue weighted by Crippen LogP contribution is -2.09. The van der Waals surface area contributed by atoms with E-state index < -0.39 is 0 Å². The molecule has 6 heteroatoms. The summed E-state index contributed by atoms with van der Waals surface area (Å²) in [4.78, 5) is 0. The predicted octanol–water partition coefficient (Wildman–Crippen LogP) is 5.24. The fourth-order valence-electron chi connectivity index (χ4n) is 4.63. The third-order valence-electron chi connectivity index (χ3n) is 6.10. The van der Waals surface area contributed by atoms with Gasteiger partial charge < -0.3 is 28.4 Å². The zero-order valence-electron chi connectivity index (χ0n) is 18.9. The van der Waals surface area contributed by atoms with Gasteiger partial charge in [-0.1, -0.05) is 48.5 Å². The molecule has 0 saturated carbocycles. The number of benzene rings is 4. The number of hydrogen-bond acceptors (Lipinski definition) is 6. The lowest BCUT2D eigenvalue weighted by atomic mass is 9.91. The Morgan fingerprint density at radius 1 is 0.441 bits per heavy atom. The van der Waals surface area contributed by atoms with Crippen molar-refractivity contribution in [2.75, 3.05) is 52.9 Å². The average Bonchev–Trinajstić information content (AvgIpc) is 3.06. The minimum Gasteiger partial charge on any atom is -0.487 e. The van der Waals surface area contributed by atoms with E-state index in [4.69, 9.17) is 28.4 Å². The van der Waals surface area contributed by atoms with E-state index in [1.165, 1.54) is 0 Å².